The van der Waals surface area contributed by atoms with Crippen molar-refractivity contribution >= 4 is 17.4 Å². The Morgan fingerprint density at radius 3 is 2.44 bits per heavy atom. The minimum Gasteiger partial charge on any atom is -0.277 e. The molecule has 0 saturated carbocycles. The molecule has 0 aliphatic rings. The second kappa shape index (κ2) is 3.94. The van der Waals surface area contributed by atoms with E-state index in [9.17, 15) is 4.79 Å². The third-order valence-electron chi connectivity index (χ3n) is 1.48. The summed E-state index contributed by atoms with van der Waals surface area (Å²) in [7, 11) is 0. The minimum atomic E-state index is 0.294. The van der Waals surface area contributed by atoms with Gasteiger partial charge in [-0.2, -0.15) is 0 Å². The van der Waals surface area contributed by atoms with Crippen molar-refractivity contribution in [1.29, 1.82) is 0 Å². The first-order valence-electron chi connectivity index (χ1n) is 3.11. The zero-order chi connectivity index (χ0) is 7.33. The lowest BCUT2D eigenvalue weighted by Crippen LogP contribution is -2.12. The van der Waals surface area contributed by atoms with Crippen molar-refractivity contribution in [3.8, 4) is 0 Å². The molecule has 0 saturated heterocycles. The molecule has 0 amide bonds. The van der Waals surface area contributed by atoms with Gasteiger partial charge in [0, 0.05) is 5.75 Å². The van der Waals surface area contributed by atoms with Crippen LogP contribution < -0.4 is 0 Å². The molecule has 0 aromatic carbocycles. The number of carbonyl (C=O) groups excluding carboxylic acids is 1. The first kappa shape index (κ1) is 9.02. The molecule has 0 heterocycles. The molecule has 0 bridgehead atoms. The average Bonchev–Trinajstić information content (AvgIpc) is 1.84. The van der Waals surface area contributed by atoms with E-state index in [0.717, 1.165) is 12.2 Å². The maximum Gasteiger partial charge on any atom is 0.266 e. The van der Waals surface area contributed by atoms with E-state index in [1.165, 1.54) is 11.8 Å². The lowest BCUT2D eigenvalue weighted by Gasteiger charge is -2.19. The van der Waals surface area contributed by atoms with Crippen LogP contribution in [0.4, 0.5) is 0 Å². The quantitative estimate of drug-likeness (QED) is 0.603. The van der Waals surface area contributed by atoms with Crippen LogP contribution in [0.3, 0.4) is 0 Å². The van der Waals surface area contributed by atoms with Crippen molar-refractivity contribution in [2.24, 2.45) is 5.41 Å². The van der Waals surface area contributed by atoms with Crippen LogP contribution in [0.2, 0.25) is 0 Å². The van der Waals surface area contributed by atoms with Crippen molar-refractivity contribution in [2.45, 2.75) is 27.2 Å². The van der Waals surface area contributed by atoms with E-state index < -0.39 is 0 Å². The molecule has 0 aliphatic heterocycles. The van der Waals surface area contributed by atoms with Crippen molar-refractivity contribution < 1.29 is 4.79 Å². The highest BCUT2D eigenvalue weighted by Crippen LogP contribution is 2.23. The molecule has 0 rings (SSSR count). The number of thioether (sulfide) groups is 1. The third kappa shape index (κ3) is 4.52. The zero-order valence-corrected chi connectivity index (χ0v) is 7.05. The van der Waals surface area contributed by atoms with Gasteiger partial charge in [0.25, 0.3) is 5.62 Å². The first-order chi connectivity index (χ1) is 4.12. The van der Waals surface area contributed by atoms with Gasteiger partial charge in [0.1, 0.15) is 0 Å². The molecule has 0 spiro atoms. The third-order valence-corrected chi connectivity index (χ3v) is 2.52. The Bertz CT molecular complexity index is 88.9. The van der Waals surface area contributed by atoms with E-state index >= 15 is 0 Å². The summed E-state index contributed by atoms with van der Waals surface area (Å²) < 4.78 is 0. The fraction of sp³-hybridized carbons (Fsp3) is 0.857. The van der Waals surface area contributed by atoms with E-state index in [0.29, 0.717) is 5.41 Å². The summed E-state index contributed by atoms with van der Waals surface area (Å²) in [5, 5.41) is 0. The summed E-state index contributed by atoms with van der Waals surface area (Å²) in [5.41, 5.74) is 2.12. The minimum absolute atomic E-state index is 0.294. The van der Waals surface area contributed by atoms with Crippen molar-refractivity contribution in [3.05, 3.63) is 0 Å². The molecule has 0 aromatic heterocycles. The predicted octanol–water partition coefficient (Wildman–Crippen LogP) is 2.22. The number of hydrogen-bond acceptors (Lipinski definition) is 2. The average molecular weight is 145 g/mol. The largest absolute Gasteiger partial charge is 0.277 e. The summed E-state index contributed by atoms with van der Waals surface area (Å²) in [6.07, 6.45) is 1.11. The molecule has 1 nitrogen and oxygen atoms in total. The van der Waals surface area contributed by atoms with Crippen molar-refractivity contribution in [2.75, 3.05) is 5.75 Å². The van der Waals surface area contributed by atoms with E-state index in [4.69, 9.17) is 0 Å². The topological polar surface area (TPSA) is 17.1 Å². The number of hydrogen-bond donors (Lipinski definition) is 0. The lowest BCUT2D eigenvalue weighted by atomic mass is 9.93. The van der Waals surface area contributed by atoms with E-state index in [1.807, 2.05) is 5.62 Å². The highest BCUT2D eigenvalue weighted by atomic mass is 32.2. The van der Waals surface area contributed by atoms with Crippen LogP contribution in [-0.4, -0.2) is 11.4 Å². The van der Waals surface area contributed by atoms with Gasteiger partial charge in [0.15, 0.2) is 0 Å². The monoisotopic (exact) mass is 145 g/mol. The van der Waals surface area contributed by atoms with Gasteiger partial charge in [-0.05, 0) is 5.41 Å². The predicted molar refractivity (Wildman–Crippen MR) is 42.2 cm³/mol. The Morgan fingerprint density at radius 1 is 1.56 bits per heavy atom. The number of rotatable bonds is 4. The van der Waals surface area contributed by atoms with Crippen molar-refractivity contribution in [1.82, 2.24) is 0 Å². The van der Waals surface area contributed by atoms with Gasteiger partial charge in [0.2, 0.25) is 0 Å². The Morgan fingerprint density at radius 2 is 2.11 bits per heavy atom. The molecule has 0 unspecified atom stereocenters. The highest BCUT2D eigenvalue weighted by Gasteiger charge is 2.14. The van der Waals surface area contributed by atoms with Gasteiger partial charge >= 0.3 is 0 Å². The molecule has 0 N–H and O–H groups in total. The summed E-state index contributed by atoms with van der Waals surface area (Å²) in [5.74, 6) is 0.882. The van der Waals surface area contributed by atoms with Gasteiger partial charge in [-0.3, -0.25) is 4.79 Å². The second-order valence-corrected chi connectivity index (χ2v) is 3.63. The normalized spacial score (nSPS) is 11.4. The maximum atomic E-state index is 9.81. The fourth-order valence-corrected chi connectivity index (χ4v) is 0.981. The van der Waals surface area contributed by atoms with Gasteiger partial charge in [-0.25, -0.2) is 0 Å². The maximum absolute atomic E-state index is 9.81. The van der Waals surface area contributed by atoms with Crippen LogP contribution in [0.5, 0.6) is 0 Å². The molecule has 1 radical (unpaired) electrons. The van der Waals surface area contributed by atoms with E-state index in [1.54, 1.807) is 0 Å². The van der Waals surface area contributed by atoms with Gasteiger partial charge in [-0.1, -0.05) is 39.0 Å². The Balaban J connectivity index is 3.44. The molecule has 0 atom stereocenters. The SMILES string of the molecule is CCC(C)(C)CS[C]=O. The van der Waals surface area contributed by atoms with Crippen LogP contribution in [0.15, 0.2) is 0 Å². The summed E-state index contributed by atoms with van der Waals surface area (Å²) in [6, 6.07) is 0. The van der Waals surface area contributed by atoms with Crippen LogP contribution in [-0.2, 0) is 4.79 Å². The highest BCUT2D eigenvalue weighted by molar-refractivity contribution is 8.11. The van der Waals surface area contributed by atoms with Crippen molar-refractivity contribution in [3.63, 3.8) is 0 Å². The molecular weight excluding hydrogens is 132 g/mol. The van der Waals surface area contributed by atoms with Crippen LogP contribution in [0.25, 0.3) is 0 Å². The smallest absolute Gasteiger partial charge is 0.266 e. The molecule has 53 valence electrons. The fourth-order valence-electron chi connectivity index (χ4n) is 0.327. The summed E-state index contributed by atoms with van der Waals surface area (Å²) >= 11 is 1.23. The van der Waals surface area contributed by atoms with Crippen LogP contribution in [0.1, 0.15) is 27.2 Å². The Kier molecular flexibility index (Phi) is 3.95. The summed E-state index contributed by atoms with van der Waals surface area (Å²) in [6.45, 7) is 6.43. The van der Waals surface area contributed by atoms with E-state index in [-0.39, 0.29) is 0 Å². The van der Waals surface area contributed by atoms with Crippen LogP contribution >= 0.6 is 11.8 Å². The molecular formula is C7H13OS. The van der Waals surface area contributed by atoms with E-state index in [2.05, 4.69) is 20.8 Å². The molecule has 0 aliphatic carbocycles. The Labute approximate surface area is 61.2 Å². The van der Waals surface area contributed by atoms with Crippen LogP contribution in [0, 0.1) is 5.41 Å². The molecule has 2 heteroatoms. The molecule has 0 fully saturated rings. The second-order valence-electron chi connectivity index (χ2n) is 2.89. The summed E-state index contributed by atoms with van der Waals surface area (Å²) in [4.78, 5) is 9.81. The zero-order valence-electron chi connectivity index (χ0n) is 6.23. The van der Waals surface area contributed by atoms with Gasteiger partial charge in [0.05, 0.1) is 0 Å². The van der Waals surface area contributed by atoms with Gasteiger partial charge in [-0.15, -0.1) is 0 Å². The molecule has 0 aromatic rings. The molecule has 9 heavy (non-hydrogen) atoms. The first-order valence-corrected chi connectivity index (χ1v) is 4.10. The van der Waals surface area contributed by atoms with Gasteiger partial charge < -0.3 is 0 Å². The lowest BCUT2D eigenvalue weighted by molar-refractivity contribution is 0.408. The Hall–Kier alpha value is 0.0200. The standard InChI is InChI=1S/C7H13OS/c1-4-7(2,3)5-9-6-8/h4-5H2,1-3H3.